The van der Waals surface area contributed by atoms with Crippen LogP contribution in [0.2, 0.25) is 10.0 Å². The zero-order valence-corrected chi connectivity index (χ0v) is 16.7. The molecule has 0 unspecified atom stereocenters. The van der Waals surface area contributed by atoms with Gasteiger partial charge in [-0.15, -0.1) is 0 Å². The molecule has 140 valence electrons. The maximum Gasteiger partial charge on any atom is 0.243 e. The normalized spacial score (nSPS) is 16.0. The molecule has 1 aromatic heterocycles. The predicted octanol–water partition coefficient (Wildman–Crippen LogP) is 4.05. The van der Waals surface area contributed by atoms with Crippen molar-refractivity contribution in [1.82, 2.24) is 9.29 Å². The van der Waals surface area contributed by atoms with Crippen molar-refractivity contribution in [1.29, 1.82) is 0 Å². The van der Waals surface area contributed by atoms with Crippen LogP contribution in [0.5, 0.6) is 0 Å². The van der Waals surface area contributed by atoms with E-state index in [0.29, 0.717) is 46.5 Å². The smallest absolute Gasteiger partial charge is 0.243 e. The zero-order valence-electron chi connectivity index (χ0n) is 14.3. The van der Waals surface area contributed by atoms with Crippen LogP contribution in [-0.4, -0.2) is 43.9 Å². The Labute approximate surface area is 168 Å². The van der Waals surface area contributed by atoms with E-state index < -0.39 is 10.0 Å². The molecule has 0 N–H and O–H groups in total. The van der Waals surface area contributed by atoms with Gasteiger partial charge in [0.1, 0.15) is 0 Å². The number of anilines is 1. The Bertz CT molecular complexity index is 1090. The Kier molecular flexibility index (Phi) is 4.99. The molecule has 5 nitrogen and oxygen atoms in total. The summed E-state index contributed by atoms with van der Waals surface area (Å²) in [7, 11) is -3.59. The second-order valence-corrected chi connectivity index (χ2v) is 9.01. The Morgan fingerprint density at radius 1 is 0.926 bits per heavy atom. The SMILES string of the molecule is O=S(=O)(c1cccc2cnccc12)N1CCN(c2cccc(Cl)c2Cl)CC1. The summed E-state index contributed by atoms with van der Waals surface area (Å²) < 4.78 is 27.9. The van der Waals surface area contributed by atoms with Crippen molar-refractivity contribution in [2.24, 2.45) is 0 Å². The first-order valence-electron chi connectivity index (χ1n) is 8.50. The Balaban J connectivity index is 1.59. The van der Waals surface area contributed by atoms with Crippen molar-refractivity contribution >= 4 is 49.7 Å². The van der Waals surface area contributed by atoms with E-state index in [2.05, 4.69) is 9.88 Å². The number of fused-ring (bicyclic) bond motifs is 1. The van der Waals surface area contributed by atoms with Crippen LogP contribution < -0.4 is 4.90 Å². The number of pyridine rings is 1. The van der Waals surface area contributed by atoms with Crippen molar-refractivity contribution in [2.45, 2.75) is 4.90 Å². The molecule has 0 spiro atoms. The van der Waals surface area contributed by atoms with Gasteiger partial charge in [-0.3, -0.25) is 4.98 Å². The van der Waals surface area contributed by atoms with E-state index in [9.17, 15) is 8.42 Å². The van der Waals surface area contributed by atoms with Crippen LogP contribution in [0.3, 0.4) is 0 Å². The number of halogens is 2. The third kappa shape index (κ3) is 3.38. The van der Waals surface area contributed by atoms with Gasteiger partial charge >= 0.3 is 0 Å². The van der Waals surface area contributed by atoms with Gasteiger partial charge in [0.2, 0.25) is 10.0 Å². The van der Waals surface area contributed by atoms with E-state index in [0.717, 1.165) is 11.1 Å². The van der Waals surface area contributed by atoms with E-state index in [4.69, 9.17) is 23.2 Å². The second kappa shape index (κ2) is 7.28. The highest BCUT2D eigenvalue weighted by Gasteiger charge is 2.30. The van der Waals surface area contributed by atoms with E-state index in [1.807, 2.05) is 18.2 Å². The summed E-state index contributed by atoms with van der Waals surface area (Å²) in [6.45, 7) is 1.86. The lowest BCUT2D eigenvalue weighted by molar-refractivity contribution is 0.385. The van der Waals surface area contributed by atoms with E-state index in [1.165, 1.54) is 4.31 Å². The monoisotopic (exact) mass is 421 g/mol. The van der Waals surface area contributed by atoms with E-state index in [-0.39, 0.29) is 0 Å². The lowest BCUT2D eigenvalue weighted by Gasteiger charge is -2.36. The fraction of sp³-hybridized carbons (Fsp3) is 0.211. The summed E-state index contributed by atoms with van der Waals surface area (Å²) in [6, 6.07) is 12.5. The summed E-state index contributed by atoms with van der Waals surface area (Å²) in [5, 5.41) is 2.49. The van der Waals surface area contributed by atoms with Crippen molar-refractivity contribution < 1.29 is 8.42 Å². The minimum Gasteiger partial charge on any atom is -0.368 e. The number of piperazine rings is 1. The van der Waals surface area contributed by atoms with Crippen LogP contribution in [0.25, 0.3) is 10.8 Å². The maximum absolute atomic E-state index is 13.2. The van der Waals surface area contributed by atoms with Gasteiger partial charge in [0.05, 0.1) is 20.6 Å². The van der Waals surface area contributed by atoms with Gasteiger partial charge in [0.25, 0.3) is 0 Å². The molecular formula is C19H17Cl2N3O2S. The molecule has 4 rings (SSSR count). The number of hydrogen-bond acceptors (Lipinski definition) is 4. The van der Waals surface area contributed by atoms with Crippen molar-refractivity contribution in [3.05, 3.63) is 64.9 Å². The molecule has 2 heterocycles. The number of sulfonamides is 1. The minimum atomic E-state index is -3.59. The average Bonchev–Trinajstić information content (AvgIpc) is 2.70. The molecule has 1 fully saturated rings. The number of rotatable bonds is 3. The molecule has 1 saturated heterocycles. The summed E-state index contributed by atoms with van der Waals surface area (Å²) in [5.41, 5.74) is 0.831. The van der Waals surface area contributed by atoms with Crippen LogP contribution in [0, 0.1) is 0 Å². The Morgan fingerprint density at radius 3 is 2.44 bits per heavy atom. The molecule has 0 radical (unpaired) electrons. The maximum atomic E-state index is 13.2. The van der Waals surface area contributed by atoms with E-state index >= 15 is 0 Å². The molecule has 1 aliphatic heterocycles. The van der Waals surface area contributed by atoms with Gasteiger partial charge in [0.15, 0.2) is 0 Å². The first kappa shape index (κ1) is 18.5. The van der Waals surface area contributed by atoms with Gasteiger partial charge < -0.3 is 4.90 Å². The second-order valence-electron chi connectivity index (χ2n) is 6.32. The summed E-state index contributed by atoms with van der Waals surface area (Å²) in [4.78, 5) is 6.45. The number of benzene rings is 2. The first-order chi connectivity index (χ1) is 13.0. The van der Waals surface area contributed by atoms with Gasteiger partial charge in [-0.25, -0.2) is 8.42 Å². The molecule has 1 aliphatic rings. The average molecular weight is 422 g/mol. The Hall–Kier alpha value is -1.86. The first-order valence-corrected chi connectivity index (χ1v) is 10.7. The fourth-order valence-corrected chi connectivity index (χ4v) is 5.41. The summed E-state index contributed by atoms with van der Waals surface area (Å²) >= 11 is 12.4. The van der Waals surface area contributed by atoms with Crippen LogP contribution in [0.1, 0.15) is 0 Å². The van der Waals surface area contributed by atoms with Gasteiger partial charge in [-0.1, -0.05) is 41.4 Å². The number of nitrogens with zero attached hydrogens (tertiary/aromatic N) is 3. The van der Waals surface area contributed by atoms with Gasteiger partial charge in [-0.2, -0.15) is 4.31 Å². The van der Waals surface area contributed by atoms with Crippen molar-refractivity contribution in [3.8, 4) is 0 Å². The van der Waals surface area contributed by atoms with Crippen LogP contribution >= 0.6 is 23.2 Å². The van der Waals surface area contributed by atoms with Crippen molar-refractivity contribution in [2.75, 3.05) is 31.1 Å². The molecule has 0 saturated carbocycles. The van der Waals surface area contributed by atoms with Crippen LogP contribution in [0.15, 0.2) is 59.8 Å². The van der Waals surface area contributed by atoms with Gasteiger partial charge in [-0.05, 0) is 24.3 Å². The highest BCUT2D eigenvalue weighted by molar-refractivity contribution is 7.89. The predicted molar refractivity (Wildman–Crippen MR) is 109 cm³/mol. The van der Waals surface area contributed by atoms with Crippen LogP contribution in [0.4, 0.5) is 5.69 Å². The lowest BCUT2D eigenvalue weighted by Crippen LogP contribution is -2.48. The number of aromatic nitrogens is 1. The molecule has 8 heteroatoms. The molecular weight excluding hydrogens is 405 g/mol. The quantitative estimate of drug-likeness (QED) is 0.639. The largest absolute Gasteiger partial charge is 0.368 e. The summed E-state index contributed by atoms with van der Waals surface area (Å²) in [5.74, 6) is 0. The van der Waals surface area contributed by atoms with Gasteiger partial charge in [0, 0.05) is 49.3 Å². The summed E-state index contributed by atoms with van der Waals surface area (Å²) in [6.07, 6.45) is 3.29. The highest BCUT2D eigenvalue weighted by Crippen LogP contribution is 2.33. The molecule has 0 bridgehead atoms. The molecule has 0 amide bonds. The topological polar surface area (TPSA) is 53.5 Å². The number of hydrogen-bond donors (Lipinski definition) is 0. The molecule has 27 heavy (non-hydrogen) atoms. The third-order valence-corrected chi connectivity index (χ3v) is 7.53. The molecule has 3 aromatic rings. The molecule has 0 atom stereocenters. The lowest BCUT2D eigenvalue weighted by atomic mass is 10.2. The highest BCUT2D eigenvalue weighted by atomic mass is 35.5. The Morgan fingerprint density at radius 2 is 1.67 bits per heavy atom. The van der Waals surface area contributed by atoms with Crippen LogP contribution in [-0.2, 0) is 10.0 Å². The molecule has 0 aliphatic carbocycles. The molecule has 2 aromatic carbocycles. The van der Waals surface area contributed by atoms with E-state index in [1.54, 1.807) is 36.7 Å². The van der Waals surface area contributed by atoms with Crippen molar-refractivity contribution in [3.63, 3.8) is 0 Å². The standard InChI is InChI=1S/C19H17Cl2N3O2S/c20-16-4-2-5-17(19(16)21)23-9-11-24(12-10-23)27(25,26)18-6-1-3-14-13-22-8-7-15(14)18/h1-8,13H,9-12H2. The minimum absolute atomic E-state index is 0.316. The fourth-order valence-electron chi connectivity index (χ4n) is 3.36. The zero-order chi connectivity index (χ0) is 19.0. The third-order valence-electron chi connectivity index (χ3n) is 4.77.